The number of amides is 1. The summed E-state index contributed by atoms with van der Waals surface area (Å²) in [6, 6.07) is 17.6. The minimum Gasteiger partial charge on any atom is -0.449 e. The number of nitrogens with zero attached hydrogens (tertiary/aromatic N) is 2. The Morgan fingerprint density at radius 1 is 1.07 bits per heavy atom. The zero-order valence-electron chi connectivity index (χ0n) is 16.5. The molecule has 0 radical (unpaired) electrons. The minimum atomic E-state index is -1.01. The second-order valence-electron chi connectivity index (χ2n) is 7.00. The topological polar surface area (TPSA) is 92.1 Å². The Hall–Kier alpha value is -3.72. The van der Waals surface area contributed by atoms with Crippen molar-refractivity contribution in [2.75, 3.05) is 5.32 Å². The summed E-state index contributed by atoms with van der Waals surface area (Å²) in [6.45, 7) is 5.50. The van der Waals surface area contributed by atoms with E-state index in [2.05, 4.69) is 10.3 Å². The van der Waals surface area contributed by atoms with Crippen LogP contribution >= 0.6 is 0 Å². The van der Waals surface area contributed by atoms with Crippen LogP contribution in [0.4, 0.5) is 5.69 Å². The molecule has 3 aromatic rings. The van der Waals surface area contributed by atoms with Gasteiger partial charge in [-0.05, 0) is 43.2 Å². The molecule has 0 bridgehead atoms. The van der Waals surface area contributed by atoms with Gasteiger partial charge in [-0.3, -0.25) is 9.78 Å². The van der Waals surface area contributed by atoms with E-state index in [9.17, 15) is 9.59 Å². The molecule has 0 saturated heterocycles. The molecule has 1 heterocycles. The summed E-state index contributed by atoms with van der Waals surface area (Å²) in [6.07, 6.45) is -1.01. The lowest BCUT2D eigenvalue weighted by molar-refractivity contribution is -0.123. The predicted molar refractivity (Wildman–Crippen MR) is 110 cm³/mol. The SMILES string of the molecule is CC(OC(=O)c1cc(C(C)C)nc2ccccc12)C(=O)Nc1cccc(C#N)c1. The summed E-state index contributed by atoms with van der Waals surface area (Å²) < 4.78 is 5.43. The molecule has 0 saturated carbocycles. The zero-order valence-corrected chi connectivity index (χ0v) is 16.5. The van der Waals surface area contributed by atoms with Gasteiger partial charge in [0.05, 0.1) is 22.7 Å². The van der Waals surface area contributed by atoms with Crippen LogP contribution in [0.1, 0.15) is 48.3 Å². The first-order valence-corrected chi connectivity index (χ1v) is 9.30. The van der Waals surface area contributed by atoms with Gasteiger partial charge in [0.1, 0.15) is 0 Å². The molecule has 0 aliphatic rings. The van der Waals surface area contributed by atoms with E-state index in [1.807, 2.05) is 38.1 Å². The summed E-state index contributed by atoms with van der Waals surface area (Å²) in [5.74, 6) is -0.922. The number of para-hydroxylation sites is 1. The Kier molecular flexibility index (Phi) is 5.89. The molecule has 1 amide bonds. The Morgan fingerprint density at radius 2 is 1.83 bits per heavy atom. The van der Waals surface area contributed by atoms with Crippen LogP contribution in [0.3, 0.4) is 0 Å². The number of hydrogen-bond acceptors (Lipinski definition) is 5. The van der Waals surface area contributed by atoms with Crippen LogP contribution in [-0.2, 0) is 9.53 Å². The average molecular weight is 387 g/mol. The van der Waals surface area contributed by atoms with Crippen molar-refractivity contribution >= 4 is 28.5 Å². The first kappa shape index (κ1) is 20.0. The van der Waals surface area contributed by atoms with Gasteiger partial charge in [-0.25, -0.2) is 4.79 Å². The summed E-state index contributed by atoms with van der Waals surface area (Å²) in [7, 11) is 0. The van der Waals surface area contributed by atoms with E-state index in [1.54, 1.807) is 36.4 Å². The Bertz CT molecular complexity index is 1120. The molecule has 1 N–H and O–H groups in total. The fourth-order valence-corrected chi connectivity index (χ4v) is 2.85. The van der Waals surface area contributed by atoms with Gasteiger partial charge in [0, 0.05) is 16.8 Å². The number of fused-ring (bicyclic) bond motifs is 1. The van der Waals surface area contributed by atoms with E-state index in [-0.39, 0.29) is 5.92 Å². The van der Waals surface area contributed by atoms with E-state index in [0.29, 0.717) is 27.7 Å². The van der Waals surface area contributed by atoms with Crippen LogP contribution in [0.5, 0.6) is 0 Å². The molecule has 0 fully saturated rings. The number of ether oxygens (including phenoxy) is 1. The summed E-state index contributed by atoms with van der Waals surface area (Å²) >= 11 is 0. The van der Waals surface area contributed by atoms with Gasteiger partial charge in [-0.1, -0.05) is 38.1 Å². The Balaban J connectivity index is 1.80. The standard InChI is InChI=1S/C23H21N3O3/c1-14(2)21-12-19(18-9-4-5-10-20(18)26-21)23(28)29-15(3)22(27)25-17-8-6-7-16(11-17)13-24/h4-12,14-15H,1-3H3,(H,25,27). The third-order valence-corrected chi connectivity index (χ3v) is 4.46. The van der Waals surface area contributed by atoms with Crippen molar-refractivity contribution in [3.63, 3.8) is 0 Å². The van der Waals surface area contributed by atoms with E-state index in [4.69, 9.17) is 10.00 Å². The van der Waals surface area contributed by atoms with Crippen molar-refractivity contribution in [3.8, 4) is 6.07 Å². The minimum absolute atomic E-state index is 0.138. The normalized spacial score (nSPS) is 11.7. The number of aromatic nitrogens is 1. The van der Waals surface area contributed by atoms with Crippen molar-refractivity contribution in [1.29, 1.82) is 5.26 Å². The molecular formula is C23H21N3O3. The summed E-state index contributed by atoms with van der Waals surface area (Å²) in [5, 5.41) is 12.3. The van der Waals surface area contributed by atoms with Crippen LogP contribution in [0.2, 0.25) is 0 Å². The van der Waals surface area contributed by atoms with Crippen molar-refractivity contribution in [2.24, 2.45) is 0 Å². The third-order valence-electron chi connectivity index (χ3n) is 4.46. The largest absolute Gasteiger partial charge is 0.449 e. The first-order valence-electron chi connectivity index (χ1n) is 9.30. The van der Waals surface area contributed by atoms with E-state index >= 15 is 0 Å². The number of anilines is 1. The number of benzene rings is 2. The molecule has 29 heavy (non-hydrogen) atoms. The molecule has 6 heteroatoms. The second kappa shape index (κ2) is 8.53. The van der Waals surface area contributed by atoms with Crippen LogP contribution in [-0.4, -0.2) is 23.0 Å². The van der Waals surface area contributed by atoms with Crippen molar-refractivity contribution in [1.82, 2.24) is 4.98 Å². The summed E-state index contributed by atoms with van der Waals surface area (Å²) in [5.41, 5.74) is 2.76. The fraction of sp³-hybridized carbons (Fsp3) is 0.217. The predicted octanol–water partition coefficient (Wildman–Crippen LogP) is 4.41. The molecule has 6 nitrogen and oxygen atoms in total. The van der Waals surface area contributed by atoms with Gasteiger partial charge in [0.15, 0.2) is 6.10 Å². The number of carbonyl (C=O) groups is 2. The molecule has 3 rings (SSSR count). The van der Waals surface area contributed by atoms with Crippen LogP contribution in [0.25, 0.3) is 10.9 Å². The lowest BCUT2D eigenvalue weighted by Gasteiger charge is -2.15. The van der Waals surface area contributed by atoms with Gasteiger partial charge < -0.3 is 10.1 Å². The third kappa shape index (κ3) is 4.58. The molecular weight excluding hydrogens is 366 g/mol. The van der Waals surface area contributed by atoms with Crippen molar-refractivity contribution in [2.45, 2.75) is 32.8 Å². The molecule has 0 aliphatic heterocycles. The maximum absolute atomic E-state index is 12.8. The van der Waals surface area contributed by atoms with Gasteiger partial charge in [0.2, 0.25) is 0 Å². The zero-order chi connectivity index (χ0) is 21.0. The number of carbonyl (C=O) groups excluding carboxylic acids is 2. The van der Waals surface area contributed by atoms with Gasteiger partial charge >= 0.3 is 5.97 Å². The average Bonchev–Trinajstić information content (AvgIpc) is 2.72. The number of hydrogen-bond donors (Lipinski definition) is 1. The molecule has 146 valence electrons. The summed E-state index contributed by atoms with van der Waals surface area (Å²) in [4.78, 5) is 29.9. The molecule has 0 spiro atoms. The number of rotatable bonds is 5. The van der Waals surface area contributed by atoms with Gasteiger partial charge in [-0.2, -0.15) is 5.26 Å². The smallest absolute Gasteiger partial charge is 0.339 e. The van der Waals surface area contributed by atoms with E-state index in [1.165, 1.54) is 6.92 Å². The lowest BCUT2D eigenvalue weighted by atomic mass is 10.0. The monoisotopic (exact) mass is 387 g/mol. The molecule has 0 aliphatic carbocycles. The molecule has 1 aromatic heterocycles. The highest BCUT2D eigenvalue weighted by molar-refractivity contribution is 6.05. The van der Waals surface area contributed by atoms with E-state index < -0.39 is 18.0 Å². The van der Waals surface area contributed by atoms with Crippen LogP contribution in [0.15, 0.2) is 54.6 Å². The van der Waals surface area contributed by atoms with Crippen LogP contribution in [0, 0.1) is 11.3 Å². The number of nitrogens with one attached hydrogen (secondary N) is 1. The second-order valence-corrected chi connectivity index (χ2v) is 7.00. The fourth-order valence-electron chi connectivity index (χ4n) is 2.85. The highest BCUT2D eigenvalue weighted by Gasteiger charge is 2.22. The molecule has 2 aromatic carbocycles. The first-order chi connectivity index (χ1) is 13.9. The number of nitriles is 1. The Labute approximate surface area is 169 Å². The van der Waals surface area contributed by atoms with Crippen molar-refractivity contribution < 1.29 is 14.3 Å². The van der Waals surface area contributed by atoms with Crippen molar-refractivity contribution in [3.05, 3.63) is 71.4 Å². The van der Waals surface area contributed by atoms with E-state index in [0.717, 1.165) is 5.69 Å². The maximum atomic E-state index is 12.8. The molecule has 1 atom stereocenters. The number of pyridine rings is 1. The van der Waals surface area contributed by atoms with Gasteiger partial charge in [0.25, 0.3) is 5.91 Å². The highest BCUT2D eigenvalue weighted by atomic mass is 16.5. The van der Waals surface area contributed by atoms with Crippen LogP contribution < -0.4 is 5.32 Å². The molecule has 1 unspecified atom stereocenters. The van der Waals surface area contributed by atoms with Gasteiger partial charge in [-0.15, -0.1) is 0 Å². The number of esters is 1. The Morgan fingerprint density at radius 3 is 2.55 bits per heavy atom. The quantitative estimate of drug-likeness (QED) is 0.655. The highest BCUT2D eigenvalue weighted by Crippen LogP contribution is 2.23. The lowest BCUT2D eigenvalue weighted by Crippen LogP contribution is -2.30. The maximum Gasteiger partial charge on any atom is 0.339 e.